The van der Waals surface area contributed by atoms with E-state index in [1.807, 2.05) is 0 Å². The predicted octanol–water partition coefficient (Wildman–Crippen LogP) is 2.46. The van der Waals surface area contributed by atoms with Gasteiger partial charge in [-0.05, 0) is 32.6 Å². The van der Waals surface area contributed by atoms with Gasteiger partial charge in [-0.25, -0.2) is 0 Å². The van der Waals surface area contributed by atoms with E-state index in [0.717, 1.165) is 5.92 Å². The van der Waals surface area contributed by atoms with Crippen LogP contribution < -0.4 is 11.1 Å². The molecule has 4 heteroatoms. The van der Waals surface area contributed by atoms with Gasteiger partial charge in [0.1, 0.15) is 5.84 Å². The van der Waals surface area contributed by atoms with Gasteiger partial charge in [-0.2, -0.15) is 0 Å². The minimum Gasteiger partial charge on any atom is -0.409 e. The fourth-order valence-corrected chi connectivity index (χ4v) is 2.81. The van der Waals surface area contributed by atoms with Crippen molar-refractivity contribution >= 4 is 5.84 Å². The van der Waals surface area contributed by atoms with Crippen molar-refractivity contribution in [2.75, 3.05) is 0 Å². The van der Waals surface area contributed by atoms with E-state index >= 15 is 0 Å². The van der Waals surface area contributed by atoms with Crippen LogP contribution in [0.3, 0.4) is 0 Å². The second-order valence-electron chi connectivity index (χ2n) is 5.40. The Kier molecular flexibility index (Phi) is 6.34. The van der Waals surface area contributed by atoms with Gasteiger partial charge in [0.25, 0.3) is 0 Å². The monoisotopic (exact) mass is 241 g/mol. The zero-order chi connectivity index (χ0) is 12.7. The highest BCUT2D eigenvalue weighted by molar-refractivity contribution is 5.80. The van der Waals surface area contributed by atoms with Crippen LogP contribution in [-0.4, -0.2) is 23.1 Å². The quantitative estimate of drug-likeness (QED) is 0.228. The Labute approximate surface area is 105 Å². The number of nitrogens with zero attached hydrogens (tertiary/aromatic N) is 1. The molecule has 17 heavy (non-hydrogen) atoms. The van der Waals surface area contributed by atoms with E-state index in [4.69, 9.17) is 10.9 Å². The molecule has 0 spiro atoms. The van der Waals surface area contributed by atoms with Crippen LogP contribution in [0.5, 0.6) is 0 Å². The van der Waals surface area contributed by atoms with Crippen LogP contribution in [0.15, 0.2) is 5.16 Å². The Morgan fingerprint density at radius 1 is 1.29 bits per heavy atom. The van der Waals surface area contributed by atoms with Gasteiger partial charge in [0.15, 0.2) is 0 Å². The third-order valence-electron chi connectivity index (χ3n) is 3.80. The van der Waals surface area contributed by atoms with Crippen molar-refractivity contribution in [3.8, 4) is 0 Å². The Morgan fingerprint density at radius 2 is 1.88 bits per heavy atom. The van der Waals surface area contributed by atoms with Crippen molar-refractivity contribution in [3.63, 3.8) is 0 Å². The molecule has 4 nitrogen and oxygen atoms in total. The van der Waals surface area contributed by atoms with E-state index in [1.165, 1.54) is 38.5 Å². The third-order valence-corrected chi connectivity index (χ3v) is 3.80. The minimum absolute atomic E-state index is 0.268. The summed E-state index contributed by atoms with van der Waals surface area (Å²) in [6.45, 7) is 4.35. The lowest BCUT2D eigenvalue weighted by Crippen LogP contribution is -2.41. The van der Waals surface area contributed by atoms with Crippen LogP contribution in [0.1, 0.15) is 58.8 Å². The minimum atomic E-state index is 0.268. The van der Waals surface area contributed by atoms with Crippen LogP contribution in [0.2, 0.25) is 0 Å². The predicted molar refractivity (Wildman–Crippen MR) is 71.3 cm³/mol. The molecule has 0 aromatic heterocycles. The number of nitrogens with two attached hydrogens (primary N) is 1. The van der Waals surface area contributed by atoms with Gasteiger partial charge in [-0.1, -0.05) is 30.8 Å². The van der Waals surface area contributed by atoms with Gasteiger partial charge >= 0.3 is 0 Å². The third kappa shape index (κ3) is 5.39. The number of nitrogens with one attached hydrogen (secondary N) is 1. The highest BCUT2D eigenvalue weighted by Gasteiger charge is 2.20. The summed E-state index contributed by atoms with van der Waals surface area (Å²) in [5.74, 6) is 1.09. The lowest BCUT2D eigenvalue weighted by Gasteiger charge is -2.27. The normalized spacial score (nSPS) is 23.1. The Balaban J connectivity index is 2.33. The van der Waals surface area contributed by atoms with Gasteiger partial charge in [-0.15, -0.1) is 0 Å². The van der Waals surface area contributed by atoms with Gasteiger partial charge < -0.3 is 16.3 Å². The highest BCUT2D eigenvalue weighted by atomic mass is 16.4. The maximum absolute atomic E-state index is 8.54. The van der Waals surface area contributed by atoms with Crippen molar-refractivity contribution in [3.05, 3.63) is 0 Å². The first-order valence-corrected chi connectivity index (χ1v) is 6.86. The van der Waals surface area contributed by atoms with E-state index in [2.05, 4.69) is 24.3 Å². The zero-order valence-electron chi connectivity index (χ0n) is 11.2. The first kappa shape index (κ1) is 14.3. The number of rotatable bonds is 5. The second-order valence-corrected chi connectivity index (χ2v) is 5.40. The molecule has 1 aliphatic rings. The number of hydrogen-bond acceptors (Lipinski definition) is 3. The average molecular weight is 241 g/mol. The summed E-state index contributed by atoms with van der Waals surface area (Å²) in [6.07, 6.45) is 8.80. The summed E-state index contributed by atoms with van der Waals surface area (Å²) in [4.78, 5) is 0. The van der Waals surface area contributed by atoms with E-state index in [1.54, 1.807) is 0 Å². The molecular weight excluding hydrogens is 214 g/mol. The van der Waals surface area contributed by atoms with Crippen molar-refractivity contribution in [1.29, 1.82) is 0 Å². The number of oxime groups is 1. The van der Waals surface area contributed by atoms with E-state index < -0.39 is 0 Å². The van der Waals surface area contributed by atoms with Gasteiger partial charge in [0.2, 0.25) is 0 Å². The summed E-state index contributed by atoms with van der Waals surface area (Å²) in [5, 5.41) is 15.1. The summed E-state index contributed by atoms with van der Waals surface area (Å²) in [6, 6.07) is 0.791. The molecule has 0 aromatic carbocycles. The largest absolute Gasteiger partial charge is 0.409 e. The lowest BCUT2D eigenvalue weighted by atomic mass is 9.92. The fourth-order valence-electron chi connectivity index (χ4n) is 2.81. The van der Waals surface area contributed by atoms with Crippen molar-refractivity contribution < 1.29 is 5.21 Å². The Morgan fingerprint density at radius 3 is 2.41 bits per heavy atom. The standard InChI is InChI=1S/C13H27N3O/c1-10(9-13(14)16-17)15-11(2)12-7-5-3-4-6-8-12/h10-12,15,17H,3-9H2,1-2H3,(H2,14,16)/t10?,11-/m1/s1. The van der Waals surface area contributed by atoms with Gasteiger partial charge in [-0.3, -0.25) is 0 Å². The summed E-state index contributed by atoms with van der Waals surface area (Å²) in [5.41, 5.74) is 5.51. The fraction of sp³-hybridized carbons (Fsp3) is 0.923. The zero-order valence-corrected chi connectivity index (χ0v) is 11.2. The van der Waals surface area contributed by atoms with Crippen LogP contribution in [0.25, 0.3) is 0 Å². The molecular formula is C13H27N3O. The summed E-state index contributed by atoms with van der Waals surface area (Å²) in [7, 11) is 0. The van der Waals surface area contributed by atoms with Crippen LogP contribution in [0, 0.1) is 5.92 Å². The molecule has 1 fully saturated rings. The molecule has 100 valence electrons. The number of amidine groups is 1. The Bertz CT molecular complexity index is 235. The van der Waals surface area contributed by atoms with E-state index in [-0.39, 0.29) is 6.04 Å². The molecule has 0 aromatic rings. The van der Waals surface area contributed by atoms with Crippen LogP contribution in [-0.2, 0) is 0 Å². The molecule has 0 amide bonds. The van der Waals surface area contributed by atoms with Gasteiger partial charge in [0.05, 0.1) is 0 Å². The molecule has 4 N–H and O–H groups in total. The molecule has 0 heterocycles. The topological polar surface area (TPSA) is 70.6 Å². The Hall–Kier alpha value is -0.770. The average Bonchev–Trinajstić information content (AvgIpc) is 2.57. The van der Waals surface area contributed by atoms with Crippen molar-refractivity contribution in [2.24, 2.45) is 16.8 Å². The highest BCUT2D eigenvalue weighted by Crippen LogP contribution is 2.25. The molecule has 1 aliphatic carbocycles. The maximum atomic E-state index is 8.54. The van der Waals surface area contributed by atoms with Crippen LogP contribution in [0.4, 0.5) is 0 Å². The molecule has 2 atom stereocenters. The number of hydrogen-bond donors (Lipinski definition) is 3. The smallest absolute Gasteiger partial charge is 0.140 e. The van der Waals surface area contributed by atoms with Gasteiger partial charge in [0, 0.05) is 18.5 Å². The SMILES string of the molecule is CC(CC(N)=NO)N[C@H](C)C1CCCCCC1. The van der Waals surface area contributed by atoms with Crippen molar-refractivity contribution in [2.45, 2.75) is 70.9 Å². The first-order chi connectivity index (χ1) is 8.13. The van der Waals surface area contributed by atoms with E-state index in [0.29, 0.717) is 18.3 Å². The van der Waals surface area contributed by atoms with Crippen LogP contribution >= 0.6 is 0 Å². The van der Waals surface area contributed by atoms with Crippen molar-refractivity contribution in [1.82, 2.24) is 5.32 Å². The second kappa shape index (κ2) is 7.54. The van der Waals surface area contributed by atoms with E-state index in [9.17, 15) is 0 Å². The summed E-state index contributed by atoms with van der Waals surface area (Å²) >= 11 is 0. The molecule has 1 rings (SSSR count). The lowest BCUT2D eigenvalue weighted by molar-refractivity contribution is 0.306. The maximum Gasteiger partial charge on any atom is 0.140 e. The molecule has 0 aliphatic heterocycles. The molecule has 1 unspecified atom stereocenters. The molecule has 0 saturated heterocycles. The first-order valence-electron chi connectivity index (χ1n) is 6.86. The molecule has 1 saturated carbocycles. The molecule has 0 bridgehead atoms. The molecule has 0 radical (unpaired) electrons. The summed E-state index contributed by atoms with van der Waals surface area (Å²) < 4.78 is 0.